The number of carbonyl (C=O) groups excluding carboxylic acids is 3. The van der Waals surface area contributed by atoms with Crippen LogP contribution in [0.15, 0.2) is 42.6 Å². The van der Waals surface area contributed by atoms with Gasteiger partial charge in [-0.3, -0.25) is 9.59 Å². The minimum absolute atomic E-state index is 0.0858. The molecule has 3 rings (SSSR count). The number of rotatable bonds is 6. The van der Waals surface area contributed by atoms with E-state index in [2.05, 4.69) is 15.4 Å². The number of nitrogens with zero attached hydrogens (tertiary/aromatic N) is 3. The first kappa shape index (κ1) is 16.5. The maximum Gasteiger partial charge on any atom is 0.192 e. The molecule has 1 N–H and O–H groups in total. The van der Waals surface area contributed by atoms with Gasteiger partial charge < -0.3 is 10.1 Å². The van der Waals surface area contributed by atoms with Crippen molar-refractivity contribution in [2.45, 2.75) is 19.9 Å². The van der Waals surface area contributed by atoms with E-state index in [-0.39, 0.29) is 11.6 Å². The van der Waals surface area contributed by atoms with E-state index in [0.717, 1.165) is 5.69 Å². The highest BCUT2D eigenvalue weighted by atomic mass is 16.1. The number of carbonyl (C=O) groups is 3. The van der Waals surface area contributed by atoms with E-state index in [4.69, 9.17) is 0 Å². The van der Waals surface area contributed by atoms with Crippen LogP contribution in [-0.2, 0) is 4.79 Å². The number of benzene rings is 1. The summed E-state index contributed by atoms with van der Waals surface area (Å²) in [6.07, 6.45) is 2.12. The molecule has 1 unspecified atom stereocenters. The summed E-state index contributed by atoms with van der Waals surface area (Å²) in [5.41, 5.74) is 2.24. The van der Waals surface area contributed by atoms with Gasteiger partial charge in [-0.1, -0.05) is 24.3 Å². The van der Waals surface area contributed by atoms with Crippen LogP contribution in [0.1, 0.15) is 33.3 Å². The average molecular weight is 336 g/mol. The molecule has 2 aromatic heterocycles. The molecule has 0 bridgehead atoms. The van der Waals surface area contributed by atoms with Gasteiger partial charge in [0.2, 0.25) is 0 Å². The summed E-state index contributed by atoms with van der Waals surface area (Å²) < 4.78 is 1.54. The van der Waals surface area contributed by atoms with Gasteiger partial charge in [-0.15, -0.1) is 0 Å². The van der Waals surface area contributed by atoms with Gasteiger partial charge in [0.25, 0.3) is 0 Å². The number of aryl methyl sites for hydroxylation is 1. The summed E-state index contributed by atoms with van der Waals surface area (Å²) >= 11 is 0. The van der Waals surface area contributed by atoms with Gasteiger partial charge in [-0.05, 0) is 19.9 Å². The molecule has 0 saturated carbocycles. The van der Waals surface area contributed by atoms with Gasteiger partial charge >= 0.3 is 0 Å². The van der Waals surface area contributed by atoms with Gasteiger partial charge in [0.1, 0.15) is 18.1 Å². The summed E-state index contributed by atoms with van der Waals surface area (Å²) in [6, 6.07) is 8.58. The van der Waals surface area contributed by atoms with Crippen LogP contribution in [0.3, 0.4) is 0 Å². The minimum Gasteiger partial charge on any atom is -0.354 e. The Kier molecular flexibility index (Phi) is 4.38. The summed E-state index contributed by atoms with van der Waals surface area (Å²) in [6.45, 7) is 3.28. The maximum atomic E-state index is 12.6. The number of aromatic nitrogens is 3. The minimum atomic E-state index is -1.07. The van der Waals surface area contributed by atoms with Gasteiger partial charge in [0, 0.05) is 23.4 Å². The molecule has 1 aromatic carbocycles. The zero-order valence-electron chi connectivity index (χ0n) is 13.8. The summed E-state index contributed by atoms with van der Waals surface area (Å²) in [7, 11) is 0. The van der Waals surface area contributed by atoms with Crippen molar-refractivity contribution < 1.29 is 14.4 Å². The number of fused-ring (bicyclic) bond motifs is 1. The zero-order valence-corrected chi connectivity index (χ0v) is 13.8. The molecule has 0 radical (unpaired) electrons. The van der Waals surface area contributed by atoms with Crippen molar-refractivity contribution in [3.05, 3.63) is 59.4 Å². The molecule has 7 heteroatoms. The number of aldehydes is 1. The van der Waals surface area contributed by atoms with E-state index >= 15 is 0 Å². The monoisotopic (exact) mass is 336 g/mol. The van der Waals surface area contributed by atoms with Crippen LogP contribution in [-0.4, -0.2) is 38.5 Å². The third kappa shape index (κ3) is 3.30. The second-order valence-corrected chi connectivity index (χ2v) is 5.64. The van der Waals surface area contributed by atoms with Crippen molar-refractivity contribution in [3.63, 3.8) is 0 Å². The second-order valence-electron chi connectivity index (χ2n) is 5.64. The number of anilines is 1. The van der Waals surface area contributed by atoms with Crippen LogP contribution >= 0.6 is 0 Å². The second kappa shape index (κ2) is 6.64. The van der Waals surface area contributed by atoms with Crippen LogP contribution in [0.2, 0.25) is 0 Å². The van der Waals surface area contributed by atoms with Crippen molar-refractivity contribution in [2.75, 3.05) is 5.32 Å². The fraction of sp³-hybridized carbons (Fsp3) is 0.167. The molecule has 0 fully saturated rings. The quantitative estimate of drug-likeness (QED) is 0.421. The van der Waals surface area contributed by atoms with E-state index in [0.29, 0.717) is 28.9 Å². The normalized spacial score (nSPS) is 11.9. The lowest BCUT2D eigenvalue weighted by molar-refractivity contribution is -0.107. The van der Waals surface area contributed by atoms with Crippen LogP contribution < -0.4 is 5.32 Å². The van der Waals surface area contributed by atoms with Gasteiger partial charge in [-0.2, -0.15) is 9.61 Å². The Morgan fingerprint density at radius 3 is 2.48 bits per heavy atom. The van der Waals surface area contributed by atoms with E-state index in [9.17, 15) is 14.4 Å². The molecular formula is C18H16N4O3. The van der Waals surface area contributed by atoms with E-state index < -0.39 is 6.04 Å². The van der Waals surface area contributed by atoms with Crippen LogP contribution in [0.5, 0.6) is 0 Å². The molecular weight excluding hydrogens is 320 g/mol. The molecule has 0 spiro atoms. The third-order valence-electron chi connectivity index (χ3n) is 3.78. The van der Waals surface area contributed by atoms with Crippen molar-refractivity contribution in [2.24, 2.45) is 0 Å². The molecule has 7 nitrogen and oxygen atoms in total. The van der Waals surface area contributed by atoms with Gasteiger partial charge in [-0.25, -0.2) is 4.98 Å². The Morgan fingerprint density at radius 2 is 1.84 bits per heavy atom. The standard InChI is InChI=1S/C18H16N4O3/c1-11-9-17-19-8-7-16(22(17)21-11)20-15(10-23)18(25)14-5-3-13(4-6-14)12(2)24/h3-10,15,20H,1-2H3. The number of nitrogens with one attached hydrogen (secondary N) is 1. The van der Waals surface area contributed by atoms with E-state index in [1.54, 1.807) is 30.5 Å². The molecule has 0 saturated heterocycles. The Morgan fingerprint density at radius 1 is 1.16 bits per heavy atom. The smallest absolute Gasteiger partial charge is 0.192 e. The average Bonchev–Trinajstić information content (AvgIpc) is 3.00. The number of hydrogen-bond donors (Lipinski definition) is 1. The number of ketones is 2. The van der Waals surface area contributed by atoms with Crippen molar-refractivity contribution >= 4 is 29.3 Å². The van der Waals surface area contributed by atoms with Gasteiger partial charge in [0.15, 0.2) is 17.2 Å². The van der Waals surface area contributed by atoms with Crippen LogP contribution in [0.25, 0.3) is 5.65 Å². The Hall–Kier alpha value is -3.35. The maximum absolute atomic E-state index is 12.6. The highest BCUT2D eigenvalue weighted by Gasteiger charge is 2.21. The van der Waals surface area contributed by atoms with Crippen molar-refractivity contribution in [1.29, 1.82) is 0 Å². The van der Waals surface area contributed by atoms with Crippen molar-refractivity contribution in [1.82, 2.24) is 14.6 Å². The van der Waals surface area contributed by atoms with E-state index in [1.165, 1.54) is 23.6 Å². The molecule has 25 heavy (non-hydrogen) atoms. The highest BCUT2D eigenvalue weighted by Crippen LogP contribution is 2.14. The molecule has 2 heterocycles. The molecule has 126 valence electrons. The summed E-state index contributed by atoms with van der Waals surface area (Å²) in [5, 5.41) is 7.19. The predicted octanol–water partition coefficient (Wildman–Crippen LogP) is 2.10. The first-order chi connectivity index (χ1) is 12.0. The molecule has 3 aromatic rings. The molecule has 0 aliphatic rings. The highest BCUT2D eigenvalue weighted by molar-refractivity contribution is 6.10. The predicted molar refractivity (Wildman–Crippen MR) is 92.0 cm³/mol. The topological polar surface area (TPSA) is 93.4 Å². The third-order valence-corrected chi connectivity index (χ3v) is 3.78. The lowest BCUT2D eigenvalue weighted by Crippen LogP contribution is -2.32. The first-order valence-corrected chi connectivity index (χ1v) is 7.68. The van der Waals surface area contributed by atoms with E-state index in [1.807, 2.05) is 6.92 Å². The summed E-state index contributed by atoms with van der Waals surface area (Å²) in [4.78, 5) is 39.5. The molecule has 0 amide bonds. The Labute approximate surface area is 143 Å². The lowest BCUT2D eigenvalue weighted by atomic mass is 10.0. The fourth-order valence-corrected chi connectivity index (χ4v) is 2.49. The Balaban J connectivity index is 1.87. The van der Waals surface area contributed by atoms with Crippen LogP contribution in [0.4, 0.5) is 5.82 Å². The Bertz CT molecular complexity index is 960. The zero-order chi connectivity index (χ0) is 18.0. The largest absolute Gasteiger partial charge is 0.354 e. The fourth-order valence-electron chi connectivity index (χ4n) is 2.49. The summed E-state index contributed by atoms with van der Waals surface area (Å²) in [5.74, 6) is 0.0140. The lowest BCUT2D eigenvalue weighted by Gasteiger charge is -2.14. The number of hydrogen-bond acceptors (Lipinski definition) is 6. The van der Waals surface area contributed by atoms with Crippen molar-refractivity contribution in [3.8, 4) is 0 Å². The number of Topliss-reactive ketones (excluding diaryl/α,β-unsaturated/α-hetero) is 2. The molecule has 0 aliphatic carbocycles. The molecule has 0 aliphatic heterocycles. The first-order valence-electron chi connectivity index (χ1n) is 7.68. The molecule has 1 atom stereocenters. The van der Waals surface area contributed by atoms with Gasteiger partial charge in [0.05, 0.1) is 5.69 Å². The SMILES string of the molecule is CC(=O)c1ccc(C(=O)C(C=O)Nc2ccnc3cc(C)nn23)cc1. The van der Waals surface area contributed by atoms with Crippen LogP contribution in [0, 0.1) is 6.92 Å².